The van der Waals surface area contributed by atoms with Crippen molar-refractivity contribution >= 4 is 34.4 Å². The highest BCUT2D eigenvalue weighted by Gasteiger charge is 2.23. The van der Waals surface area contributed by atoms with Gasteiger partial charge in [-0.15, -0.1) is 0 Å². The number of anilines is 1. The highest BCUT2D eigenvalue weighted by Crippen LogP contribution is 2.29. The Hall–Kier alpha value is -2.64. The van der Waals surface area contributed by atoms with Crippen LogP contribution in [0.3, 0.4) is 0 Å². The van der Waals surface area contributed by atoms with Crippen LogP contribution in [0.25, 0.3) is 10.9 Å². The third-order valence-electron chi connectivity index (χ3n) is 4.46. The lowest BCUT2D eigenvalue weighted by Gasteiger charge is -2.29. The second-order valence-electron chi connectivity index (χ2n) is 6.14. The summed E-state index contributed by atoms with van der Waals surface area (Å²) in [6, 6.07) is 9.46. The first-order valence-corrected chi connectivity index (χ1v) is 8.66. The van der Waals surface area contributed by atoms with Crippen molar-refractivity contribution in [3.8, 4) is 0 Å². The lowest BCUT2D eigenvalue weighted by Crippen LogP contribution is -2.40. The van der Waals surface area contributed by atoms with Crippen LogP contribution in [0, 0.1) is 0 Å². The summed E-state index contributed by atoms with van der Waals surface area (Å²) in [4.78, 5) is 22.6. The summed E-state index contributed by atoms with van der Waals surface area (Å²) in [5.74, 6) is 0.464. The van der Waals surface area contributed by atoms with Crippen LogP contribution in [-0.4, -0.2) is 39.1 Å². The first kappa shape index (κ1) is 16.8. The van der Waals surface area contributed by atoms with Crippen LogP contribution in [0.15, 0.2) is 36.7 Å². The van der Waals surface area contributed by atoms with Gasteiger partial charge in [0.25, 0.3) is 0 Å². The maximum Gasteiger partial charge on any atom is 0.323 e. The Balaban J connectivity index is 1.51. The Morgan fingerprint density at radius 3 is 3.04 bits per heavy atom. The number of nitrogens with one attached hydrogen (secondary N) is 1. The van der Waals surface area contributed by atoms with E-state index >= 15 is 0 Å². The smallest absolute Gasteiger partial charge is 0.323 e. The molecule has 134 valence electrons. The molecule has 8 heteroatoms. The number of nitrogens with zero attached hydrogens (tertiary/aromatic N) is 4. The van der Waals surface area contributed by atoms with Crippen molar-refractivity contribution in [1.82, 2.24) is 19.4 Å². The number of carbonyl (C=O) groups is 1. The summed E-state index contributed by atoms with van der Waals surface area (Å²) in [7, 11) is 1.60. The highest BCUT2D eigenvalue weighted by molar-refractivity contribution is 6.35. The lowest BCUT2D eigenvalue weighted by atomic mass is 10.2. The van der Waals surface area contributed by atoms with E-state index in [1.807, 2.05) is 12.1 Å². The maximum atomic E-state index is 12.6. The lowest BCUT2D eigenvalue weighted by molar-refractivity contribution is 0.181. The minimum Gasteiger partial charge on any atom is -0.378 e. The Kier molecular flexibility index (Phi) is 4.48. The summed E-state index contributed by atoms with van der Waals surface area (Å²) < 4.78 is 7.27. The van der Waals surface area contributed by atoms with Crippen molar-refractivity contribution in [2.24, 2.45) is 0 Å². The molecule has 0 bridgehead atoms. The molecule has 3 heterocycles. The van der Waals surface area contributed by atoms with Gasteiger partial charge in [0.1, 0.15) is 12.1 Å². The van der Waals surface area contributed by atoms with Gasteiger partial charge in [-0.3, -0.25) is 5.32 Å². The van der Waals surface area contributed by atoms with Crippen LogP contribution >= 0.6 is 11.6 Å². The van der Waals surface area contributed by atoms with E-state index in [0.29, 0.717) is 31.2 Å². The van der Waals surface area contributed by atoms with E-state index in [0.717, 1.165) is 28.2 Å². The number of fused-ring (bicyclic) bond motifs is 3. The van der Waals surface area contributed by atoms with Crippen LogP contribution < -0.4 is 5.32 Å². The van der Waals surface area contributed by atoms with E-state index in [2.05, 4.69) is 32.0 Å². The summed E-state index contributed by atoms with van der Waals surface area (Å²) in [5, 5.41) is 4.58. The Morgan fingerprint density at radius 2 is 2.19 bits per heavy atom. The number of aromatic nitrogens is 3. The van der Waals surface area contributed by atoms with E-state index < -0.39 is 0 Å². The Bertz CT molecular complexity index is 971. The number of urea groups is 1. The fraction of sp³-hybridized carbons (Fsp3) is 0.278. The van der Waals surface area contributed by atoms with Crippen molar-refractivity contribution in [3.63, 3.8) is 0 Å². The van der Waals surface area contributed by atoms with Crippen molar-refractivity contribution in [1.29, 1.82) is 0 Å². The number of methoxy groups -OCH3 is 1. The molecular formula is C18H18ClN5O2. The average Bonchev–Trinajstić information content (AvgIpc) is 3.02. The van der Waals surface area contributed by atoms with Crippen molar-refractivity contribution in [3.05, 3.63) is 53.1 Å². The molecule has 1 N–H and O–H groups in total. The van der Waals surface area contributed by atoms with Crippen molar-refractivity contribution < 1.29 is 9.53 Å². The third kappa shape index (κ3) is 3.11. The van der Waals surface area contributed by atoms with E-state index in [1.165, 1.54) is 6.33 Å². The number of hydrogen-bond acceptors (Lipinski definition) is 4. The van der Waals surface area contributed by atoms with Gasteiger partial charge in [0.05, 0.1) is 18.8 Å². The average molecular weight is 372 g/mol. The second-order valence-corrected chi connectivity index (χ2v) is 6.55. The summed E-state index contributed by atoms with van der Waals surface area (Å²) in [5.41, 5.74) is 2.89. The molecule has 0 radical (unpaired) electrons. The molecule has 4 rings (SSSR count). The molecule has 2 amide bonds. The van der Waals surface area contributed by atoms with Gasteiger partial charge in [-0.2, -0.15) is 0 Å². The van der Waals surface area contributed by atoms with E-state index in [4.69, 9.17) is 16.3 Å². The SMILES string of the molecule is COCc1cc(NC(=O)N2CCn3c(cc4c(Cl)cccc43)C2)ncn1. The van der Waals surface area contributed by atoms with Crippen LogP contribution in [0.4, 0.5) is 10.6 Å². The summed E-state index contributed by atoms with van der Waals surface area (Å²) >= 11 is 6.29. The predicted molar refractivity (Wildman–Crippen MR) is 99.1 cm³/mol. The number of benzene rings is 1. The molecule has 7 nitrogen and oxygen atoms in total. The molecule has 0 atom stereocenters. The van der Waals surface area contributed by atoms with E-state index in [-0.39, 0.29) is 6.03 Å². The molecule has 0 saturated carbocycles. The number of ether oxygens (including phenoxy) is 1. The normalized spacial score (nSPS) is 13.7. The molecule has 0 unspecified atom stereocenters. The van der Waals surface area contributed by atoms with Crippen LogP contribution in [0.2, 0.25) is 5.02 Å². The second kappa shape index (κ2) is 6.93. The monoisotopic (exact) mass is 371 g/mol. The number of hydrogen-bond donors (Lipinski definition) is 1. The van der Waals surface area contributed by atoms with Crippen LogP contribution in [0.5, 0.6) is 0 Å². The van der Waals surface area contributed by atoms with Crippen LogP contribution in [0.1, 0.15) is 11.4 Å². The van der Waals surface area contributed by atoms with E-state index in [1.54, 1.807) is 18.1 Å². The van der Waals surface area contributed by atoms with Gasteiger partial charge in [-0.25, -0.2) is 14.8 Å². The molecule has 0 aliphatic carbocycles. The minimum atomic E-state index is -0.185. The molecule has 0 spiro atoms. The Labute approximate surface area is 155 Å². The zero-order valence-corrected chi connectivity index (χ0v) is 15.0. The predicted octanol–water partition coefficient (Wildman–Crippen LogP) is 3.28. The molecule has 26 heavy (non-hydrogen) atoms. The third-order valence-corrected chi connectivity index (χ3v) is 4.79. The number of rotatable bonds is 3. The number of carbonyl (C=O) groups excluding carboxylic acids is 1. The molecular weight excluding hydrogens is 354 g/mol. The standard InChI is InChI=1S/C18H18ClN5O2/c1-26-10-12-7-17(21-11-20-12)22-18(25)23-5-6-24-13(9-23)8-14-15(19)3-2-4-16(14)24/h2-4,7-8,11H,5-6,9-10H2,1H3,(H,20,21,22,25). The van der Waals surface area contributed by atoms with Gasteiger partial charge in [-0.05, 0) is 18.2 Å². The van der Waals surface area contributed by atoms with Crippen LogP contribution in [-0.2, 0) is 24.4 Å². The molecule has 3 aromatic rings. The molecule has 1 aromatic carbocycles. The molecule has 1 aliphatic heterocycles. The summed E-state index contributed by atoms with van der Waals surface area (Å²) in [6.07, 6.45) is 1.42. The van der Waals surface area contributed by atoms with Crippen molar-refractivity contribution in [2.45, 2.75) is 19.7 Å². The molecule has 0 fully saturated rings. The fourth-order valence-electron chi connectivity index (χ4n) is 3.25. The Morgan fingerprint density at radius 1 is 1.31 bits per heavy atom. The highest BCUT2D eigenvalue weighted by atomic mass is 35.5. The van der Waals surface area contributed by atoms with Crippen molar-refractivity contribution in [2.75, 3.05) is 19.0 Å². The number of halogens is 1. The van der Waals surface area contributed by atoms with E-state index in [9.17, 15) is 4.79 Å². The summed E-state index contributed by atoms with van der Waals surface area (Å²) in [6.45, 7) is 2.24. The largest absolute Gasteiger partial charge is 0.378 e. The van der Waals surface area contributed by atoms with Gasteiger partial charge < -0.3 is 14.2 Å². The van der Waals surface area contributed by atoms with Gasteiger partial charge in [0.15, 0.2) is 0 Å². The van der Waals surface area contributed by atoms with Gasteiger partial charge in [-0.1, -0.05) is 17.7 Å². The quantitative estimate of drug-likeness (QED) is 0.766. The molecule has 1 aliphatic rings. The molecule has 2 aromatic heterocycles. The maximum absolute atomic E-state index is 12.6. The first-order valence-electron chi connectivity index (χ1n) is 8.28. The topological polar surface area (TPSA) is 72.3 Å². The minimum absolute atomic E-state index is 0.185. The zero-order chi connectivity index (χ0) is 18.1. The first-order chi connectivity index (χ1) is 12.7. The zero-order valence-electron chi connectivity index (χ0n) is 14.3. The molecule has 0 saturated heterocycles. The number of amides is 2. The van der Waals surface area contributed by atoms with Gasteiger partial charge in [0, 0.05) is 47.9 Å². The van der Waals surface area contributed by atoms with Gasteiger partial charge >= 0.3 is 6.03 Å². The fourth-order valence-corrected chi connectivity index (χ4v) is 3.47. The van der Waals surface area contributed by atoms with Gasteiger partial charge in [0.2, 0.25) is 0 Å².